The fraction of sp³-hybridized carbons (Fsp3) is 0.750. The van der Waals surface area contributed by atoms with Gasteiger partial charge in [0.25, 0.3) is 0 Å². The summed E-state index contributed by atoms with van der Waals surface area (Å²) in [5.74, 6) is -0.972. The number of carbonyl (C=O) groups is 1. The van der Waals surface area contributed by atoms with Crippen LogP contribution in [0.25, 0.3) is 0 Å². The summed E-state index contributed by atoms with van der Waals surface area (Å²) < 4.78 is 0. The van der Waals surface area contributed by atoms with Crippen molar-refractivity contribution in [3.8, 4) is 0 Å². The minimum atomic E-state index is -0.741. The number of aliphatic carboxylic acids is 1. The molecule has 0 amide bonds. The van der Waals surface area contributed by atoms with E-state index in [1.807, 2.05) is 0 Å². The van der Waals surface area contributed by atoms with Crippen LogP contribution < -0.4 is 0 Å². The zero-order valence-electron chi connectivity index (χ0n) is 5.05. The molecule has 0 radical (unpaired) electrons. The second-order valence-electron chi connectivity index (χ2n) is 1.49. The maximum absolute atomic E-state index is 9.70. The van der Waals surface area contributed by atoms with E-state index in [2.05, 4.69) is 0 Å². The molecular weight excluding hydrogens is 120 g/mol. The van der Waals surface area contributed by atoms with Crippen molar-refractivity contribution in [1.29, 1.82) is 0 Å². The van der Waals surface area contributed by atoms with Gasteiger partial charge in [-0.2, -0.15) is 0 Å². The summed E-state index contributed by atoms with van der Waals surface area (Å²) in [7, 11) is 0. The van der Waals surface area contributed by atoms with Gasteiger partial charge in [0.1, 0.15) is 0 Å². The molecule has 0 fully saturated rings. The minimum Gasteiger partial charge on any atom is -2.00 e. The van der Waals surface area contributed by atoms with E-state index in [1.165, 1.54) is 0 Å². The van der Waals surface area contributed by atoms with Gasteiger partial charge in [0.15, 0.2) is 0 Å². The van der Waals surface area contributed by atoms with Crippen LogP contribution in [0.3, 0.4) is 0 Å². The van der Waals surface area contributed by atoms with Crippen LogP contribution in [0, 0.1) is 5.92 Å². The molecule has 0 saturated carbocycles. The molecule has 0 rings (SSSR count). The molecule has 3 nitrogen and oxygen atoms in total. The predicted molar refractivity (Wildman–Crippen MR) is 28.9 cm³/mol. The van der Waals surface area contributed by atoms with E-state index in [0.717, 1.165) is 0 Å². The summed E-state index contributed by atoms with van der Waals surface area (Å²) in [6, 6.07) is 0. The Morgan fingerprint density at radius 2 is 1.62 bits per heavy atom. The van der Waals surface area contributed by atoms with Gasteiger partial charge in [-0.05, 0) is 0 Å². The minimum absolute atomic E-state index is 0. The molecule has 0 saturated heterocycles. The molecule has 0 spiro atoms. The molecule has 0 aromatic rings. The zero-order chi connectivity index (χ0) is 5.15. The number of rotatable bonds is 1. The topological polar surface area (TPSA) is 65.8 Å². The Balaban J connectivity index is -0.000000125. The summed E-state index contributed by atoms with van der Waals surface area (Å²) in [5, 5.41) is 7.99. The third-order valence-electron chi connectivity index (χ3n) is 0.494. The molecular formula is C4H8MgO3. The van der Waals surface area contributed by atoms with Crippen LogP contribution in [0.15, 0.2) is 0 Å². The summed E-state index contributed by atoms with van der Waals surface area (Å²) in [6.07, 6.45) is 0. The van der Waals surface area contributed by atoms with Crippen LogP contribution in [-0.4, -0.2) is 34.1 Å². The Morgan fingerprint density at radius 3 is 1.62 bits per heavy atom. The van der Waals surface area contributed by atoms with Crippen LogP contribution >= 0.6 is 0 Å². The first-order valence-corrected chi connectivity index (χ1v) is 1.87. The largest absolute Gasteiger partial charge is 2.00 e. The third kappa shape index (κ3) is 9.50. The number of hydrogen-bond acceptors (Lipinski definition) is 1. The molecule has 44 valence electrons. The zero-order valence-corrected chi connectivity index (χ0v) is 6.46. The van der Waals surface area contributed by atoms with Gasteiger partial charge in [-0.3, -0.25) is 4.79 Å². The molecule has 0 aliphatic heterocycles. The molecule has 0 atom stereocenters. The Kier molecular flexibility index (Phi) is 14.1. The normalized spacial score (nSPS) is 6.88. The summed E-state index contributed by atoms with van der Waals surface area (Å²) in [5.41, 5.74) is 0. The van der Waals surface area contributed by atoms with Crippen molar-refractivity contribution in [1.82, 2.24) is 0 Å². The van der Waals surface area contributed by atoms with E-state index < -0.39 is 5.97 Å². The molecule has 0 heterocycles. The van der Waals surface area contributed by atoms with Crippen molar-refractivity contribution >= 4 is 29.0 Å². The van der Waals surface area contributed by atoms with Crippen molar-refractivity contribution < 1.29 is 15.4 Å². The summed E-state index contributed by atoms with van der Waals surface area (Å²) in [6.45, 7) is 3.28. The van der Waals surface area contributed by atoms with Gasteiger partial charge in [0.05, 0.1) is 5.92 Å². The predicted octanol–water partition coefficient (Wildman–Crippen LogP) is 0.227. The number of hydrogen-bond donors (Lipinski definition) is 1. The average Bonchev–Trinajstić information content (AvgIpc) is 1.36. The van der Waals surface area contributed by atoms with Crippen LogP contribution in [0.4, 0.5) is 0 Å². The standard InChI is InChI=1S/C4H8O2.Mg.O/c1-3(2)4(5)6;;/h3H,1-2H3,(H,5,6);;/q;+2;-2. The van der Waals surface area contributed by atoms with E-state index in [-0.39, 0.29) is 34.4 Å². The first kappa shape index (κ1) is 15.7. The Labute approximate surface area is 64.5 Å². The molecule has 8 heavy (non-hydrogen) atoms. The van der Waals surface area contributed by atoms with Crippen molar-refractivity contribution in [3.63, 3.8) is 0 Å². The van der Waals surface area contributed by atoms with Crippen molar-refractivity contribution in [2.45, 2.75) is 13.8 Å². The maximum atomic E-state index is 9.70. The van der Waals surface area contributed by atoms with Crippen molar-refractivity contribution in [2.75, 3.05) is 0 Å². The second kappa shape index (κ2) is 7.20. The Bertz CT molecular complexity index is 62.3. The maximum Gasteiger partial charge on any atom is 2.00 e. The number of carboxylic acids is 1. The Morgan fingerprint density at radius 1 is 1.50 bits per heavy atom. The fourth-order valence-electron chi connectivity index (χ4n) is 0. The van der Waals surface area contributed by atoms with Gasteiger partial charge in [0, 0.05) is 0 Å². The first-order valence-electron chi connectivity index (χ1n) is 1.87. The third-order valence-corrected chi connectivity index (χ3v) is 0.494. The van der Waals surface area contributed by atoms with E-state index in [4.69, 9.17) is 5.11 Å². The smallest absolute Gasteiger partial charge is 2.00 e. The van der Waals surface area contributed by atoms with Crippen molar-refractivity contribution in [3.05, 3.63) is 0 Å². The first-order chi connectivity index (χ1) is 2.64. The van der Waals surface area contributed by atoms with Crippen molar-refractivity contribution in [2.24, 2.45) is 5.92 Å². The van der Waals surface area contributed by atoms with E-state index in [9.17, 15) is 4.79 Å². The van der Waals surface area contributed by atoms with Crippen LogP contribution in [0.5, 0.6) is 0 Å². The van der Waals surface area contributed by atoms with Crippen LogP contribution in [0.1, 0.15) is 13.8 Å². The summed E-state index contributed by atoms with van der Waals surface area (Å²) in [4.78, 5) is 9.70. The molecule has 0 aliphatic rings. The Hall–Kier alpha value is 0.196. The molecule has 0 bridgehead atoms. The van der Waals surface area contributed by atoms with E-state index >= 15 is 0 Å². The molecule has 0 aromatic heterocycles. The average molecular weight is 128 g/mol. The molecule has 4 heteroatoms. The second-order valence-corrected chi connectivity index (χ2v) is 1.49. The molecule has 0 aromatic carbocycles. The molecule has 0 aliphatic carbocycles. The van der Waals surface area contributed by atoms with E-state index in [0.29, 0.717) is 0 Å². The molecule has 0 unspecified atom stereocenters. The monoisotopic (exact) mass is 128 g/mol. The fourth-order valence-corrected chi connectivity index (χ4v) is 0. The van der Waals surface area contributed by atoms with Gasteiger partial charge in [-0.1, -0.05) is 13.8 Å². The summed E-state index contributed by atoms with van der Waals surface area (Å²) >= 11 is 0. The van der Waals surface area contributed by atoms with Crippen LogP contribution in [-0.2, 0) is 10.3 Å². The van der Waals surface area contributed by atoms with Crippen LogP contribution in [0.2, 0.25) is 0 Å². The molecule has 1 N–H and O–H groups in total. The van der Waals surface area contributed by atoms with Gasteiger partial charge in [0.2, 0.25) is 0 Å². The van der Waals surface area contributed by atoms with E-state index in [1.54, 1.807) is 13.8 Å². The van der Waals surface area contributed by atoms with Gasteiger partial charge < -0.3 is 10.6 Å². The number of carboxylic acid groups (broad SMARTS) is 1. The van der Waals surface area contributed by atoms with Gasteiger partial charge in [-0.15, -0.1) is 0 Å². The SMILES string of the molecule is CC(C)C(=O)O.[Mg+2].[O-2]. The van der Waals surface area contributed by atoms with Gasteiger partial charge in [-0.25, -0.2) is 0 Å². The van der Waals surface area contributed by atoms with Gasteiger partial charge >= 0.3 is 29.0 Å². The quantitative estimate of drug-likeness (QED) is 0.514.